The predicted molar refractivity (Wildman–Crippen MR) is 44.5 cm³/mol. The van der Waals surface area contributed by atoms with Crippen LogP contribution in [-0.4, -0.2) is 6.09 Å². The maximum atomic E-state index is 10.6. The standard InChI is InChI=1S/C8H10N2O2/c1-6-2-4-7(5-3-6)12-8(11)10-9/h2-5H,9H2,1H3,(H,10,11). The van der Waals surface area contributed by atoms with Crippen molar-refractivity contribution in [2.75, 3.05) is 0 Å². The smallest absolute Gasteiger partial charge is 0.409 e. The van der Waals surface area contributed by atoms with Crippen molar-refractivity contribution in [2.24, 2.45) is 5.84 Å². The average Bonchev–Trinajstić information content (AvgIpc) is 2.09. The van der Waals surface area contributed by atoms with Gasteiger partial charge in [0.2, 0.25) is 0 Å². The number of hydrogen-bond donors (Lipinski definition) is 2. The quantitative estimate of drug-likeness (QED) is 0.371. The molecule has 0 aliphatic carbocycles. The number of hydrazine groups is 1. The van der Waals surface area contributed by atoms with E-state index in [9.17, 15) is 4.79 Å². The van der Waals surface area contributed by atoms with Gasteiger partial charge in [-0.15, -0.1) is 0 Å². The molecule has 0 heterocycles. The van der Waals surface area contributed by atoms with E-state index in [-0.39, 0.29) is 0 Å². The normalized spacial score (nSPS) is 9.17. The predicted octanol–water partition coefficient (Wildman–Crippen LogP) is 0.957. The molecule has 1 aromatic rings. The molecule has 0 atom stereocenters. The molecule has 1 rings (SSSR count). The van der Waals surface area contributed by atoms with Crippen molar-refractivity contribution in [3.63, 3.8) is 0 Å². The largest absolute Gasteiger partial charge is 0.426 e. The van der Waals surface area contributed by atoms with E-state index in [1.807, 2.05) is 24.5 Å². The first kappa shape index (κ1) is 8.55. The topological polar surface area (TPSA) is 64.3 Å². The summed E-state index contributed by atoms with van der Waals surface area (Å²) in [6, 6.07) is 7.09. The fourth-order valence-corrected chi connectivity index (χ4v) is 0.743. The van der Waals surface area contributed by atoms with Crippen molar-refractivity contribution < 1.29 is 9.53 Å². The Morgan fingerprint density at radius 3 is 2.50 bits per heavy atom. The molecule has 0 aliphatic rings. The van der Waals surface area contributed by atoms with Gasteiger partial charge < -0.3 is 4.74 Å². The van der Waals surface area contributed by atoms with Gasteiger partial charge in [-0.25, -0.2) is 10.6 Å². The van der Waals surface area contributed by atoms with Crippen molar-refractivity contribution in [1.29, 1.82) is 0 Å². The summed E-state index contributed by atoms with van der Waals surface area (Å²) in [6.07, 6.45) is -0.668. The Morgan fingerprint density at radius 2 is 2.00 bits per heavy atom. The lowest BCUT2D eigenvalue weighted by Crippen LogP contribution is -2.32. The Labute approximate surface area is 70.3 Å². The van der Waals surface area contributed by atoms with Crippen LogP contribution in [0.4, 0.5) is 4.79 Å². The van der Waals surface area contributed by atoms with Gasteiger partial charge in [0.05, 0.1) is 0 Å². The van der Waals surface area contributed by atoms with Crippen LogP contribution in [0, 0.1) is 6.92 Å². The average molecular weight is 166 g/mol. The van der Waals surface area contributed by atoms with Crippen molar-refractivity contribution in [1.82, 2.24) is 5.43 Å². The first-order valence-corrected chi connectivity index (χ1v) is 3.47. The number of rotatable bonds is 1. The molecule has 0 bridgehead atoms. The third kappa shape index (κ3) is 2.25. The van der Waals surface area contributed by atoms with Gasteiger partial charge in [-0.05, 0) is 19.1 Å². The van der Waals surface area contributed by atoms with Gasteiger partial charge in [-0.2, -0.15) is 0 Å². The highest BCUT2D eigenvalue weighted by Crippen LogP contribution is 2.10. The van der Waals surface area contributed by atoms with Crippen LogP contribution < -0.4 is 16.0 Å². The minimum absolute atomic E-state index is 0.476. The number of amides is 1. The van der Waals surface area contributed by atoms with Gasteiger partial charge >= 0.3 is 6.09 Å². The maximum Gasteiger partial charge on any atom is 0.426 e. The molecule has 0 spiro atoms. The van der Waals surface area contributed by atoms with Crippen molar-refractivity contribution in [3.05, 3.63) is 29.8 Å². The SMILES string of the molecule is Cc1ccc(OC(=O)NN)cc1. The Morgan fingerprint density at radius 1 is 1.42 bits per heavy atom. The third-order valence-electron chi connectivity index (χ3n) is 1.35. The molecule has 0 aromatic heterocycles. The van der Waals surface area contributed by atoms with Crippen LogP contribution in [0.15, 0.2) is 24.3 Å². The molecule has 0 unspecified atom stereocenters. The molecule has 1 amide bonds. The van der Waals surface area contributed by atoms with E-state index in [1.54, 1.807) is 12.1 Å². The summed E-state index contributed by atoms with van der Waals surface area (Å²) in [6.45, 7) is 1.95. The van der Waals surface area contributed by atoms with Crippen LogP contribution in [0.25, 0.3) is 0 Å². The summed E-state index contributed by atoms with van der Waals surface area (Å²) < 4.78 is 4.74. The van der Waals surface area contributed by atoms with Crippen LogP contribution in [0.1, 0.15) is 5.56 Å². The van der Waals surface area contributed by atoms with Gasteiger partial charge in [0.25, 0.3) is 0 Å². The second-order valence-corrected chi connectivity index (χ2v) is 2.35. The summed E-state index contributed by atoms with van der Waals surface area (Å²) in [5.74, 6) is 5.30. The minimum Gasteiger partial charge on any atom is -0.409 e. The van der Waals surface area contributed by atoms with Gasteiger partial charge in [0, 0.05) is 0 Å². The summed E-state index contributed by atoms with van der Waals surface area (Å²) in [4.78, 5) is 10.6. The van der Waals surface area contributed by atoms with E-state index in [2.05, 4.69) is 0 Å². The molecule has 4 nitrogen and oxygen atoms in total. The lowest BCUT2D eigenvalue weighted by molar-refractivity contribution is 0.200. The summed E-state index contributed by atoms with van der Waals surface area (Å²) in [5, 5.41) is 0. The summed E-state index contributed by atoms with van der Waals surface area (Å²) >= 11 is 0. The Bertz CT molecular complexity index is 269. The lowest BCUT2D eigenvalue weighted by atomic mass is 10.2. The molecule has 0 aliphatic heterocycles. The molecule has 0 fully saturated rings. The number of nitrogens with one attached hydrogen (secondary N) is 1. The molecular weight excluding hydrogens is 156 g/mol. The van der Waals surface area contributed by atoms with Crippen LogP contribution in [0.3, 0.4) is 0 Å². The van der Waals surface area contributed by atoms with Gasteiger partial charge in [0.1, 0.15) is 5.75 Å². The number of ether oxygens (including phenoxy) is 1. The van der Waals surface area contributed by atoms with Crippen LogP contribution >= 0.6 is 0 Å². The fraction of sp³-hybridized carbons (Fsp3) is 0.125. The lowest BCUT2D eigenvalue weighted by Gasteiger charge is -2.02. The van der Waals surface area contributed by atoms with E-state index >= 15 is 0 Å². The van der Waals surface area contributed by atoms with E-state index < -0.39 is 6.09 Å². The highest BCUT2D eigenvalue weighted by molar-refractivity contribution is 5.69. The molecule has 3 N–H and O–H groups in total. The second-order valence-electron chi connectivity index (χ2n) is 2.35. The Kier molecular flexibility index (Phi) is 2.66. The van der Waals surface area contributed by atoms with Crippen molar-refractivity contribution in [3.8, 4) is 5.75 Å². The molecule has 0 saturated heterocycles. The third-order valence-corrected chi connectivity index (χ3v) is 1.35. The zero-order valence-corrected chi connectivity index (χ0v) is 6.70. The maximum absolute atomic E-state index is 10.6. The molecule has 0 saturated carbocycles. The first-order chi connectivity index (χ1) is 5.72. The molecular formula is C8H10N2O2. The van der Waals surface area contributed by atoms with E-state index in [0.29, 0.717) is 5.75 Å². The van der Waals surface area contributed by atoms with Crippen LogP contribution in [-0.2, 0) is 0 Å². The number of aryl methyl sites for hydroxylation is 1. The van der Waals surface area contributed by atoms with Crippen molar-refractivity contribution >= 4 is 6.09 Å². The van der Waals surface area contributed by atoms with E-state index in [1.165, 1.54) is 0 Å². The van der Waals surface area contributed by atoms with E-state index in [4.69, 9.17) is 10.6 Å². The van der Waals surface area contributed by atoms with Crippen LogP contribution in [0.2, 0.25) is 0 Å². The molecule has 64 valence electrons. The van der Waals surface area contributed by atoms with E-state index in [0.717, 1.165) is 5.56 Å². The Balaban J connectivity index is 2.64. The number of carbonyl (C=O) groups excluding carboxylic acids is 1. The van der Waals surface area contributed by atoms with Gasteiger partial charge in [-0.1, -0.05) is 17.7 Å². The zero-order valence-electron chi connectivity index (χ0n) is 6.70. The number of benzene rings is 1. The molecule has 0 radical (unpaired) electrons. The number of carbonyl (C=O) groups is 1. The van der Waals surface area contributed by atoms with Gasteiger partial charge in [0.15, 0.2) is 0 Å². The van der Waals surface area contributed by atoms with Gasteiger partial charge in [-0.3, -0.25) is 5.43 Å². The van der Waals surface area contributed by atoms with Crippen LogP contribution in [0.5, 0.6) is 5.75 Å². The summed E-state index contributed by atoms with van der Waals surface area (Å²) in [5.41, 5.74) is 2.97. The monoisotopic (exact) mass is 166 g/mol. The highest BCUT2D eigenvalue weighted by Gasteiger charge is 1.99. The minimum atomic E-state index is -0.668. The fourth-order valence-electron chi connectivity index (χ4n) is 0.743. The molecule has 4 heteroatoms. The first-order valence-electron chi connectivity index (χ1n) is 3.47. The Hall–Kier alpha value is -1.55. The second kappa shape index (κ2) is 3.73. The van der Waals surface area contributed by atoms with Crippen molar-refractivity contribution in [2.45, 2.75) is 6.92 Å². The highest BCUT2D eigenvalue weighted by atomic mass is 16.6. The number of hydrogen-bond acceptors (Lipinski definition) is 3. The molecule has 1 aromatic carbocycles. The number of nitrogens with two attached hydrogens (primary N) is 1. The summed E-state index contributed by atoms with van der Waals surface area (Å²) in [7, 11) is 0. The zero-order chi connectivity index (χ0) is 8.97. The molecule has 12 heavy (non-hydrogen) atoms.